The van der Waals surface area contributed by atoms with Crippen LogP contribution in [0, 0.1) is 50.2 Å². The van der Waals surface area contributed by atoms with Gasteiger partial charge in [-0.3, -0.25) is 4.79 Å². The van der Waals surface area contributed by atoms with E-state index in [4.69, 9.17) is 28.4 Å². The Labute approximate surface area is 369 Å². The zero-order chi connectivity index (χ0) is 45.8. The molecule has 4 saturated carbocycles. The van der Waals surface area contributed by atoms with Gasteiger partial charge in [-0.05, 0) is 109 Å². The first-order valence-electron chi connectivity index (χ1n) is 23.3. The van der Waals surface area contributed by atoms with Crippen molar-refractivity contribution in [2.45, 2.75) is 192 Å². The van der Waals surface area contributed by atoms with Crippen LogP contribution in [-0.2, 0) is 33.2 Å². The summed E-state index contributed by atoms with van der Waals surface area (Å²) in [6.07, 6.45) is -10.1. The van der Waals surface area contributed by atoms with Crippen molar-refractivity contribution in [1.29, 1.82) is 0 Å². The van der Waals surface area contributed by atoms with E-state index in [1.54, 1.807) is 0 Å². The van der Waals surface area contributed by atoms with Crippen molar-refractivity contribution in [3.05, 3.63) is 11.6 Å². The molecule has 17 nitrogen and oxygen atoms in total. The molecule has 0 bridgehead atoms. The summed E-state index contributed by atoms with van der Waals surface area (Å²) in [6.45, 7) is 12.5. The third kappa shape index (κ3) is 7.50. The molecule has 0 aromatic carbocycles. The van der Waals surface area contributed by atoms with E-state index < -0.39 is 97.9 Å². The number of hydrogen-bond donors (Lipinski definition) is 10. The van der Waals surface area contributed by atoms with Gasteiger partial charge in [-0.1, -0.05) is 53.2 Å². The Balaban J connectivity index is 0.954. The van der Waals surface area contributed by atoms with Crippen molar-refractivity contribution in [1.82, 2.24) is 0 Å². The van der Waals surface area contributed by atoms with Gasteiger partial charge in [-0.25, -0.2) is 0 Å². The molecule has 0 amide bonds. The highest BCUT2D eigenvalue weighted by atomic mass is 16.8. The standard InChI is InChI=1S/C46H74O17/c1-41(2)27-9-12-45(6)28(8-7-22-23-17-42(3,21-48)13-15-46(23,40(56)57)16-14-44(22,45)5)43(27,4)11-10-29(41)61-38-34(55)35(25(50)20-59-38)62-39-33(54)31(52)36(26(18-47)60-39)63-37-32(53)30(51)24(49)19-58-37/h7,23-39,47-55H,8-21H2,1-6H3,(H,56,57). The van der Waals surface area contributed by atoms with Gasteiger partial charge >= 0.3 is 5.97 Å². The van der Waals surface area contributed by atoms with E-state index in [0.29, 0.717) is 38.0 Å². The molecule has 360 valence electrons. The van der Waals surface area contributed by atoms with Crippen LogP contribution in [0.3, 0.4) is 0 Å². The zero-order valence-electron chi connectivity index (χ0n) is 37.6. The largest absolute Gasteiger partial charge is 0.481 e. The van der Waals surface area contributed by atoms with Crippen LogP contribution >= 0.6 is 0 Å². The normalized spacial score (nSPS) is 54.5. The lowest BCUT2D eigenvalue weighted by Crippen LogP contribution is -2.66. The molecule has 10 N–H and O–H groups in total. The monoisotopic (exact) mass is 898 g/mol. The highest BCUT2D eigenvalue weighted by molar-refractivity contribution is 5.76. The highest BCUT2D eigenvalue weighted by Crippen LogP contribution is 2.76. The lowest BCUT2D eigenvalue weighted by molar-refractivity contribution is -0.373. The molecule has 3 aliphatic heterocycles. The van der Waals surface area contributed by atoms with E-state index in [-0.39, 0.29) is 64.8 Å². The van der Waals surface area contributed by atoms with Crippen LogP contribution < -0.4 is 0 Å². The number of carboxylic acid groups (broad SMARTS) is 1. The van der Waals surface area contributed by atoms with Crippen molar-refractivity contribution in [3.63, 3.8) is 0 Å². The van der Waals surface area contributed by atoms with Crippen LogP contribution in [-0.4, -0.2) is 169 Å². The van der Waals surface area contributed by atoms with Crippen molar-refractivity contribution in [2.24, 2.45) is 50.2 Å². The third-order valence-corrected chi connectivity index (χ3v) is 18.8. The summed E-state index contributed by atoms with van der Waals surface area (Å²) in [5.41, 5.74) is -0.538. The van der Waals surface area contributed by atoms with E-state index in [1.807, 2.05) is 0 Å². The van der Waals surface area contributed by atoms with Gasteiger partial charge in [-0.2, -0.15) is 0 Å². The van der Waals surface area contributed by atoms with Crippen LogP contribution in [0.4, 0.5) is 0 Å². The molecule has 8 rings (SSSR count). The second-order valence-corrected chi connectivity index (χ2v) is 22.4. The first kappa shape index (κ1) is 48.1. The summed E-state index contributed by atoms with van der Waals surface area (Å²) in [5.74, 6) is -0.249. The maximum atomic E-state index is 13.1. The molecule has 22 unspecified atom stereocenters. The topological polar surface area (TPSA) is 275 Å². The summed E-state index contributed by atoms with van der Waals surface area (Å²) in [7, 11) is 0. The Morgan fingerprint density at radius 1 is 0.698 bits per heavy atom. The van der Waals surface area contributed by atoms with Gasteiger partial charge in [0.05, 0.1) is 31.3 Å². The molecule has 0 aromatic heterocycles. The molecule has 5 aliphatic carbocycles. The lowest BCUT2D eigenvalue weighted by Gasteiger charge is -2.71. The van der Waals surface area contributed by atoms with Gasteiger partial charge in [-0.15, -0.1) is 0 Å². The third-order valence-electron chi connectivity index (χ3n) is 18.8. The number of allylic oxidation sites excluding steroid dienone is 2. The van der Waals surface area contributed by atoms with E-state index in [0.717, 1.165) is 32.1 Å². The Hall–Kier alpha value is -1.39. The molecule has 63 heavy (non-hydrogen) atoms. The highest BCUT2D eigenvalue weighted by Gasteiger charge is 2.70. The van der Waals surface area contributed by atoms with Crippen molar-refractivity contribution in [2.75, 3.05) is 26.4 Å². The van der Waals surface area contributed by atoms with Gasteiger partial charge in [0, 0.05) is 6.61 Å². The quantitative estimate of drug-likeness (QED) is 0.114. The van der Waals surface area contributed by atoms with E-state index in [2.05, 4.69) is 47.6 Å². The maximum Gasteiger partial charge on any atom is 0.310 e. The molecule has 7 fully saturated rings. The molecule has 0 spiro atoms. The molecule has 0 radical (unpaired) electrons. The summed E-state index contributed by atoms with van der Waals surface area (Å²) in [6, 6.07) is 0. The second kappa shape index (κ2) is 17.0. The van der Waals surface area contributed by atoms with Gasteiger partial charge in [0.1, 0.15) is 61.0 Å². The Bertz CT molecular complexity index is 1710. The Morgan fingerprint density at radius 2 is 1.33 bits per heavy atom. The number of aliphatic hydroxyl groups excluding tert-OH is 9. The Kier molecular flexibility index (Phi) is 13.0. The maximum absolute atomic E-state index is 13.1. The van der Waals surface area contributed by atoms with Crippen LogP contribution in [0.25, 0.3) is 0 Å². The molecule has 8 aliphatic rings. The fourth-order valence-corrected chi connectivity index (χ4v) is 14.7. The van der Waals surface area contributed by atoms with E-state index in [9.17, 15) is 55.9 Å². The number of fused-ring (bicyclic) bond motifs is 7. The summed E-state index contributed by atoms with van der Waals surface area (Å²) in [4.78, 5) is 13.1. The molecule has 17 heteroatoms. The fraction of sp³-hybridized carbons (Fsp3) is 0.935. The van der Waals surface area contributed by atoms with Crippen molar-refractivity contribution in [3.8, 4) is 0 Å². The number of carbonyl (C=O) groups is 1. The number of ether oxygens (including phenoxy) is 6. The molecule has 3 heterocycles. The smallest absolute Gasteiger partial charge is 0.310 e. The van der Waals surface area contributed by atoms with Crippen molar-refractivity contribution >= 4 is 5.97 Å². The minimum Gasteiger partial charge on any atom is -0.481 e. The zero-order valence-corrected chi connectivity index (χ0v) is 37.6. The summed E-state index contributed by atoms with van der Waals surface area (Å²) >= 11 is 0. The molecule has 0 aromatic rings. The van der Waals surface area contributed by atoms with E-state index in [1.165, 1.54) is 5.57 Å². The lowest BCUT2D eigenvalue weighted by atomic mass is 9.33. The average molecular weight is 899 g/mol. The van der Waals surface area contributed by atoms with Crippen LogP contribution in [0.2, 0.25) is 0 Å². The fourth-order valence-electron chi connectivity index (χ4n) is 14.7. The summed E-state index contributed by atoms with van der Waals surface area (Å²) in [5, 5.41) is 107. The average Bonchev–Trinajstić information content (AvgIpc) is 3.23. The van der Waals surface area contributed by atoms with Crippen LogP contribution in [0.1, 0.15) is 106 Å². The minimum atomic E-state index is -1.83. The molecule has 22 atom stereocenters. The number of rotatable bonds is 9. The predicted octanol–water partition coefficient (Wildman–Crippen LogP) is 0.957. The predicted molar refractivity (Wildman–Crippen MR) is 220 cm³/mol. The number of carboxylic acids is 1. The molecular weight excluding hydrogens is 824 g/mol. The van der Waals surface area contributed by atoms with Crippen LogP contribution in [0.15, 0.2) is 11.6 Å². The molecule has 3 saturated heterocycles. The van der Waals surface area contributed by atoms with Gasteiger partial charge in [0.15, 0.2) is 18.9 Å². The number of hydrogen-bond acceptors (Lipinski definition) is 16. The molecular formula is C46H74O17. The van der Waals surface area contributed by atoms with Gasteiger partial charge in [0.2, 0.25) is 0 Å². The van der Waals surface area contributed by atoms with Crippen LogP contribution in [0.5, 0.6) is 0 Å². The van der Waals surface area contributed by atoms with Crippen molar-refractivity contribution < 1.29 is 84.3 Å². The second-order valence-electron chi connectivity index (χ2n) is 22.4. The Morgan fingerprint density at radius 3 is 2.00 bits per heavy atom. The van der Waals surface area contributed by atoms with Gasteiger partial charge < -0.3 is 79.5 Å². The first-order chi connectivity index (χ1) is 29.5. The minimum absolute atomic E-state index is 0.0488. The van der Waals surface area contributed by atoms with E-state index >= 15 is 0 Å². The number of aliphatic hydroxyl groups is 9. The van der Waals surface area contributed by atoms with Gasteiger partial charge in [0.25, 0.3) is 0 Å². The SMILES string of the molecule is CC1(CO)CCC2(C(=O)O)CCC3(C)C(=CCC4C5(C)CCC(OC6OCC(O)C(OC7OC(CO)C(OC8OCC(O)C(O)C8O)C(O)C7O)C6O)C(C)(C)C5CCC43C)C2C1. The summed E-state index contributed by atoms with van der Waals surface area (Å²) < 4.78 is 35.3. The first-order valence-corrected chi connectivity index (χ1v) is 23.3. The number of aliphatic carboxylic acids is 1.